The maximum absolute atomic E-state index is 12.5. The third-order valence-corrected chi connectivity index (χ3v) is 4.42. The normalized spacial score (nSPS) is 28.4. The van der Waals surface area contributed by atoms with Crippen molar-refractivity contribution >= 4 is 5.91 Å². The van der Waals surface area contributed by atoms with Gasteiger partial charge in [0.15, 0.2) is 0 Å². The molecule has 98 valence electrons. The van der Waals surface area contributed by atoms with Gasteiger partial charge in [0.1, 0.15) is 0 Å². The molecule has 17 heavy (non-hydrogen) atoms. The molecule has 3 nitrogen and oxygen atoms in total. The van der Waals surface area contributed by atoms with Gasteiger partial charge in [0.05, 0.1) is 5.54 Å². The van der Waals surface area contributed by atoms with Crippen molar-refractivity contribution in [2.24, 2.45) is 11.7 Å². The van der Waals surface area contributed by atoms with Gasteiger partial charge in [-0.3, -0.25) is 4.79 Å². The van der Waals surface area contributed by atoms with Crippen LogP contribution in [0.5, 0.6) is 0 Å². The Morgan fingerprint density at radius 2 is 2.06 bits per heavy atom. The zero-order valence-electron chi connectivity index (χ0n) is 11.1. The van der Waals surface area contributed by atoms with E-state index in [1.165, 1.54) is 19.3 Å². The van der Waals surface area contributed by atoms with Gasteiger partial charge >= 0.3 is 0 Å². The van der Waals surface area contributed by atoms with Crippen LogP contribution < -0.4 is 5.73 Å². The highest BCUT2D eigenvalue weighted by atomic mass is 16.2. The molecule has 2 rings (SSSR count). The molecule has 1 saturated carbocycles. The lowest BCUT2D eigenvalue weighted by Crippen LogP contribution is -2.55. The first-order valence-electron chi connectivity index (χ1n) is 7.24. The molecule has 0 radical (unpaired) electrons. The molecular weight excluding hydrogens is 212 g/mol. The van der Waals surface area contributed by atoms with Crippen molar-refractivity contribution in [1.29, 1.82) is 0 Å². The minimum Gasteiger partial charge on any atom is -0.341 e. The number of carbonyl (C=O) groups is 1. The number of carbonyl (C=O) groups excluding carboxylic acids is 1. The molecule has 0 spiro atoms. The highest BCUT2D eigenvalue weighted by molar-refractivity contribution is 5.86. The first kappa shape index (κ1) is 12.9. The van der Waals surface area contributed by atoms with Crippen LogP contribution in [0.3, 0.4) is 0 Å². The van der Waals surface area contributed by atoms with E-state index in [0.29, 0.717) is 5.92 Å². The van der Waals surface area contributed by atoms with Crippen LogP contribution in [0.2, 0.25) is 0 Å². The summed E-state index contributed by atoms with van der Waals surface area (Å²) < 4.78 is 0. The van der Waals surface area contributed by atoms with Crippen molar-refractivity contribution in [2.45, 2.75) is 63.8 Å². The Balaban J connectivity index is 1.94. The summed E-state index contributed by atoms with van der Waals surface area (Å²) in [5.41, 5.74) is 5.74. The van der Waals surface area contributed by atoms with Gasteiger partial charge in [-0.25, -0.2) is 0 Å². The monoisotopic (exact) mass is 238 g/mol. The predicted molar refractivity (Wildman–Crippen MR) is 69.6 cm³/mol. The maximum Gasteiger partial charge on any atom is 0.242 e. The van der Waals surface area contributed by atoms with Crippen LogP contribution in [0.1, 0.15) is 58.3 Å². The SMILES string of the molecule is CCCC1CCCN(C(=O)C2(N)CCCC2)C1. The number of likely N-dealkylation sites (tertiary alicyclic amines) is 1. The number of hydrogen-bond donors (Lipinski definition) is 1. The third-order valence-electron chi connectivity index (χ3n) is 4.42. The average molecular weight is 238 g/mol. The molecule has 1 atom stereocenters. The lowest BCUT2D eigenvalue weighted by Gasteiger charge is -2.37. The zero-order chi connectivity index (χ0) is 12.3. The molecular formula is C14H26N2O. The number of amides is 1. The Labute approximate surface area is 105 Å². The highest BCUT2D eigenvalue weighted by Crippen LogP contribution is 2.31. The van der Waals surface area contributed by atoms with Crippen LogP contribution in [-0.4, -0.2) is 29.4 Å². The largest absolute Gasteiger partial charge is 0.341 e. The Kier molecular flexibility index (Phi) is 4.08. The molecule has 1 aliphatic heterocycles. The molecule has 3 heteroatoms. The summed E-state index contributed by atoms with van der Waals surface area (Å²) in [6.07, 6.45) is 8.94. The summed E-state index contributed by atoms with van der Waals surface area (Å²) in [7, 11) is 0. The van der Waals surface area contributed by atoms with Crippen molar-refractivity contribution in [2.75, 3.05) is 13.1 Å². The van der Waals surface area contributed by atoms with Gasteiger partial charge in [0, 0.05) is 13.1 Å². The van der Waals surface area contributed by atoms with Crippen LogP contribution in [0.25, 0.3) is 0 Å². The fourth-order valence-corrected chi connectivity index (χ4v) is 3.43. The summed E-state index contributed by atoms with van der Waals surface area (Å²) in [4.78, 5) is 14.5. The second-order valence-electron chi connectivity index (χ2n) is 5.91. The minimum absolute atomic E-state index is 0.232. The number of piperidine rings is 1. The summed E-state index contributed by atoms with van der Waals surface area (Å²) >= 11 is 0. The molecule has 2 aliphatic rings. The standard InChI is InChI=1S/C14H26N2O/c1-2-6-12-7-5-10-16(11-12)13(17)14(15)8-3-4-9-14/h12H,2-11,15H2,1H3. The molecule has 0 aromatic heterocycles. The van der Waals surface area contributed by atoms with E-state index < -0.39 is 5.54 Å². The second kappa shape index (κ2) is 5.38. The van der Waals surface area contributed by atoms with Crippen LogP contribution in [-0.2, 0) is 4.79 Å². The van der Waals surface area contributed by atoms with Crippen molar-refractivity contribution in [3.63, 3.8) is 0 Å². The lowest BCUT2D eigenvalue weighted by atomic mass is 9.90. The topological polar surface area (TPSA) is 46.3 Å². The number of hydrogen-bond acceptors (Lipinski definition) is 2. The molecule has 1 aliphatic carbocycles. The maximum atomic E-state index is 12.5. The summed E-state index contributed by atoms with van der Waals surface area (Å²) in [6.45, 7) is 4.10. The number of rotatable bonds is 3. The van der Waals surface area contributed by atoms with E-state index in [9.17, 15) is 4.79 Å². The van der Waals surface area contributed by atoms with Crippen molar-refractivity contribution in [1.82, 2.24) is 4.90 Å². The molecule has 0 bridgehead atoms. The molecule has 2 fully saturated rings. The first-order valence-corrected chi connectivity index (χ1v) is 7.24. The molecule has 1 saturated heterocycles. The Morgan fingerprint density at radius 3 is 2.71 bits per heavy atom. The van der Waals surface area contributed by atoms with Crippen molar-refractivity contribution < 1.29 is 4.79 Å². The van der Waals surface area contributed by atoms with E-state index in [4.69, 9.17) is 5.73 Å². The van der Waals surface area contributed by atoms with Crippen LogP contribution >= 0.6 is 0 Å². The van der Waals surface area contributed by atoms with Crippen LogP contribution in [0.4, 0.5) is 0 Å². The van der Waals surface area contributed by atoms with Gasteiger partial charge < -0.3 is 10.6 Å². The fraction of sp³-hybridized carbons (Fsp3) is 0.929. The van der Waals surface area contributed by atoms with Gasteiger partial charge in [-0.1, -0.05) is 26.2 Å². The molecule has 1 heterocycles. The predicted octanol–water partition coefficient (Wildman–Crippen LogP) is 2.30. The van der Waals surface area contributed by atoms with E-state index in [1.54, 1.807) is 0 Å². The van der Waals surface area contributed by atoms with E-state index in [1.807, 2.05) is 0 Å². The highest BCUT2D eigenvalue weighted by Gasteiger charge is 2.40. The van der Waals surface area contributed by atoms with E-state index in [2.05, 4.69) is 11.8 Å². The summed E-state index contributed by atoms with van der Waals surface area (Å²) in [5, 5.41) is 0. The Hall–Kier alpha value is -0.570. The number of nitrogens with zero attached hydrogens (tertiary/aromatic N) is 1. The first-order chi connectivity index (χ1) is 8.15. The van der Waals surface area contributed by atoms with Gasteiger partial charge in [-0.05, 0) is 38.0 Å². The van der Waals surface area contributed by atoms with Gasteiger partial charge in [0.2, 0.25) is 5.91 Å². The van der Waals surface area contributed by atoms with Gasteiger partial charge in [0.25, 0.3) is 0 Å². The van der Waals surface area contributed by atoms with E-state index in [-0.39, 0.29) is 5.91 Å². The summed E-state index contributed by atoms with van der Waals surface area (Å²) in [5.74, 6) is 0.943. The van der Waals surface area contributed by atoms with Crippen LogP contribution in [0.15, 0.2) is 0 Å². The molecule has 2 N–H and O–H groups in total. The van der Waals surface area contributed by atoms with E-state index in [0.717, 1.165) is 45.2 Å². The quantitative estimate of drug-likeness (QED) is 0.820. The fourth-order valence-electron chi connectivity index (χ4n) is 3.43. The zero-order valence-corrected chi connectivity index (χ0v) is 11.1. The molecule has 0 aromatic carbocycles. The third kappa shape index (κ3) is 2.82. The molecule has 1 amide bonds. The van der Waals surface area contributed by atoms with Gasteiger partial charge in [-0.2, -0.15) is 0 Å². The Bertz CT molecular complexity index is 269. The van der Waals surface area contributed by atoms with E-state index >= 15 is 0 Å². The average Bonchev–Trinajstić information content (AvgIpc) is 2.77. The van der Waals surface area contributed by atoms with Crippen LogP contribution in [0, 0.1) is 5.92 Å². The lowest BCUT2D eigenvalue weighted by molar-refractivity contribution is -0.138. The molecule has 0 aromatic rings. The molecule has 1 unspecified atom stereocenters. The Morgan fingerprint density at radius 1 is 1.35 bits per heavy atom. The summed E-state index contributed by atoms with van der Waals surface area (Å²) in [6, 6.07) is 0. The van der Waals surface area contributed by atoms with Crippen molar-refractivity contribution in [3.8, 4) is 0 Å². The van der Waals surface area contributed by atoms with Gasteiger partial charge in [-0.15, -0.1) is 0 Å². The minimum atomic E-state index is -0.520. The number of nitrogens with two attached hydrogens (primary N) is 1. The van der Waals surface area contributed by atoms with Crippen molar-refractivity contribution in [3.05, 3.63) is 0 Å². The second-order valence-corrected chi connectivity index (χ2v) is 5.91. The smallest absolute Gasteiger partial charge is 0.242 e.